The van der Waals surface area contributed by atoms with E-state index >= 15 is 0 Å². The Balaban J connectivity index is 2.07. The second-order valence-corrected chi connectivity index (χ2v) is 6.14. The van der Waals surface area contributed by atoms with Crippen molar-refractivity contribution >= 4 is 17.5 Å². The molecule has 1 aliphatic rings. The minimum absolute atomic E-state index is 0.101. The predicted molar refractivity (Wildman–Crippen MR) is 84.1 cm³/mol. The summed E-state index contributed by atoms with van der Waals surface area (Å²) in [6, 6.07) is 5.98. The monoisotopic (exact) mass is 288 g/mol. The van der Waals surface area contributed by atoms with Crippen LogP contribution in [0.3, 0.4) is 0 Å². The maximum absolute atomic E-state index is 12.5. The number of aryl methyl sites for hydroxylation is 2. The van der Waals surface area contributed by atoms with Gasteiger partial charge in [-0.3, -0.25) is 9.59 Å². The molecule has 1 atom stereocenters. The third-order valence-electron chi connectivity index (χ3n) is 4.24. The van der Waals surface area contributed by atoms with Crippen LogP contribution in [0, 0.1) is 19.3 Å². The molecule has 1 aromatic carbocycles. The number of anilines is 1. The Morgan fingerprint density at radius 2 is 1.90 bits per heavy atom. The fraction of sp³-hybridized carbons (Fsp3) is 0.529. The van der Waals surface area contributed by atoms with Gasteiger partial charge in [0.15, 0.2) is 0 Å². The van der Waals surface area contributed by atoms with Crippen LogP contribution in [0.15, 0.2) is 18.2 Å². The molecule has 2 amide bonds. The first-order valence-corrected chi connectivity index (χ1v) is 7.58. The van der Waals surface area contributed by atoms with E-state index in [0.29, 0.717) is 12.8 Å². The number of carbonyl (C=O) groups excluding carboxylic acids is 2. The SMILES string of the molecule is CCC(C)NC(=O)C1(C(=O)Nc2ccc(C)cc2C)CC1. The Kier molecular flexibility index (Phi) is 4.35. The van der Waals surface area contributed by atoms with Gasteiger partial charge in [0, 0.05) is 11.7 Å². The third-order valence-corrected chi connectivity index (χ3v) is 4.24. The average Bonchev–Trinajstić information content (AvgIpc) is 3.23. The van der Waals surface area contributed by atoms with E-state index < -0.39 is 5.41 Å². The molecule has 0 saturated heterocycles. The standard InChI is InChI=1S/C17H24N2O2/c1-5-13(4)18-15(20)17(8-9-17)16(21)19-14-7-6-11(2)10-12(14)3/h6-7,10,13H,5,8-9H2,1-4H3,(H,18,20)(H,19,21). The van der Waals surface area contributed by atoms with Crippen LogP contribution in [0.2, 0.25) is 0 Å². The van der Waals surface area contributed by atoms with E-state index in [-0.39, 0.29) is 17.9 Å². The summed E-state index contributed by atoms with van der Waals surface area (Å²) in [4.78, 5) is 24.8. The van der Waals surface area contributed by atoms with Crippen molar-refractivity contribution < 1.29 is 9.59 Å². The quantitative estimate of drug-likeness (QED) is 0.818. The van der Waals surface area contributed by atoms with Crippen molar-refractivity contribution in [1.82, 2.24) is 5.32 Å². The van der Waals surface area contributed by atoms with E-state index in [1.54, 1.807) is 0 Å². The summed E-state index contributed by atoms with van der Waals surface area (Å²) >= 11 is 0. The van der Waals surface area contributed by atoms with Gasteiger partial charge in [-0.05, 0) is 51.7 Å². The lowest BCUT2D eigenvalue weighted by Gasteiger charge is -2.19. The second-order valence-electron chi connectivity index (χ2n) is 6.14. The number of carbonyl (C=O) groups is 2. The smallest absolute Gasteiger partial charge is 0.240 e. The highest BCUT2D eigenvalue weighted by atomic mass is 16.2. The molecule has 0 aliphatic heterocycles. The molecule has 21 heavy (non-hydrogen) atoms. The lowest BCUT2D eigenvalue weighted by molar-refractivity contribution is -0.134. The number of amides is 2. The van der Waals surface area contributed by atoms with Crippen molar-refractivity contribution in [2.75, 3.05) is 5.32 Å². The van der Waals surface area contributed by atoms with Crippen molar-refractivity contribution in [2.45, 2.75) is 53.0 Å². The number of hydrogen-bond acceptors (Lipinski definition) is 2. The van der Waals surface area contributed by atoms with Crippen LogP contribution in [0.1, 0.15) is 44.2 Å². The van der Waals surface area contributed by atoms with Gasteiger partial charge >= 0.3 is 0 Å². The molecule has 1 unspecified atom stereocenters. The molecule has 1 fully saturated rings. The zero-order valence-electron chi connectivity index (χ0n) is 13.2. The van der Waals surface area contributed by atoms with E-state index in [2.05, 4.69) is 10.6 Å². The largest absolute Gasteiger partial charge is 0.353 e. The normalized spacial score (nSPS) is 17.0. The zero-order chi connectivity index (χ0) is 15.6. The molecular weight excluding hydrogens is 264 g/mol. The molecule has 0 radical (unpaired) electrons. The highest BCUT2D eigenvalue weighted by molar-refractivity contribution is 6.13. The Bertz CT molecular complexity index is 562. The topological polar surface area (TPSA) is 58.2 Å². The first-order valence-electron chi connectivity index (χ1n) is 7.58. The summed E-state index contributed by atoms with van der Waals surface area (Å²) in [5.41, 5.74) is 2.09. The molecule has 114 valence electrons. The maximum atomic E-state index is 12.5. The van der Waals surface area contributed by atoms with Crippen LogP contribution >= 0.6 is 0 Å². The number of benzene rings is 1. The van der Waals surface area contributed by atoms with Gasteiger partial charge in [-0.15, -0.1) is 0 Å². The minimum Gasteiger partial charge on any atom is -0.353 e. The fourth-order valence-electron chi connectivity index (χ4n) is 2.34. The minimum atomic E-state index is -0.860. The van der Waals surface area contributed by atoms with Gasteiger partial charge < -0.3 is 10.6 Å². The molecule has 4 heteroatoms. The Hall–Kier alpha value is -1.84. The molecule has 4 nitrogen and oxygen atoms in total. The van der Waals surface area contributed by atoms with E-state index in [0.717, 1.165) is 23.2 Å². The van der Waals surface area contributed by atoms with Crippen molar-refractivity contribution in [2.24, 2.45) is 5.41 Å². The van der Waals surface area contributed by atoms with Crippen LogP contribution in [-0.4, -0.2) is 17.9 Å². The van der Waals surface area contributed by atoms with Crippen LogP contribution in [-0.2, 0) is 9.59 Å². The average molecular weight is 288 g/mol. The molecular formula is C17H24N2O2. The van der Waals surface area contributed by atoms with E-state index in [9.17, 15) is 9.59 Å². The van der Waals surface area contributed by atoms with Gasteiger partial charge in [-0.25, -0.2) is 0 Å². The Morgan fingerprint density at radius 1 is 1.24 bits per heavy atom. The molecule has 2 N–H and O–H groups in total. The number of rotatable bonds is 5. The van der Waals surface area contributed by atoms with Gasteiger partial charge in [0.25, 0.3) is 0 Å². The summed E-state index contributed by atoms with van der Waals surface area (Å²) in [5, 5.41) is 5.84. The van der Waals surface area contributed by atoms with Crippen molar-refractivity contribution in [1.29, 1.82) is 0 Å². The summed E-state index contributed by atoms with van der Waals surface area (Å²) < 4.78 is 0. The van der Waals surface area contributed by atoms with Crippen LogP contribution < -0.4 is 10.6 Å². The first kappa shape index (κ1) is 15.5. The summed E-state index contributed by atoms with van der Waals surface area (Å²) in [6.45, 7) is 7.94. The van der Waals surface area contributed by atoms with Gasteiger partial charge in [-0.1, -0.05) is 24.6 Å². The lowest BCUT2D eigenvalue weighted by Crippen LogP contribution is -2.43. The van der Waals surface area contributed by atoms with Crippen LogP contribution in [0.4, 0.5) is 5.69 Å². The fourth-order valence-corrected chi connectivity index (χ4v) is 2.34. The first-order chi connectivity index (χ1) is 9.89. The third kappa shape index (κ3) is 3.26. The Morgan fingerprint density at radius 3 is 2.43 bits per heavy atom. The van der Waals surface area contributed by atoms with Gasteiger partial charge in [0.2, 0.25) is 11.8 Å². The van der Waals surface area contributed by atoms with Gasteiger partial charge in [0.1, 0.15) is 5.41 Å². The maximum Gasteiger partial charge on any atom is 0.240 e. The van der Waals surface area contributed by atoms with E-state index in [1.165, 1.54) is 0 Å². The summed E-state index contributed by atoms with van der Waals surface area (Å²) in [6.07, 6.45) is 2.12. The predicted octanol–water partition coefficient (Wildman–Crippen LogP) is 2.94. The zero-order valence-corrected chi connectivity index (χ0v) is 13.2. The van der Waals surface area contributed by atoms with E-state index in [4.69, 9.17) is 0 Å². The van der Waals surface area contributed by atoms with Gasteiger partial charge in [-0.2, -0.15) is 0 Å². The molecule has 1 aromatic rings. The highest BCUT2D eigenvalue weighted by Crippen LogP contribution is 2.47. The molecule has 0 heterocycles. The highest BCUT2D eigenvalue weighted by Gasteiger charge is 2.56. The summed E-state index contributed by atoms with van der Waals surface area (Å²) in [7, 11) is 0. The van der Waals surface area contributed by atoms with Crippen molar-refractivity contribution in [3.63, 3.8) is 0 Å². The van der Waals surface area contributed by atoms with Crippen LogP contribution in [0.25, 0.3) is 0 Å². The molecule has 1 aliphatic carbocycles. The molecule has 2 rings (SSSR count). The van der Waals surface area contributed by atoms with Crippen molar-refractivity contribution in [3.8, 4) is 0 Å². The molecule has 1 saturated carbocycles. The molecule has 0 bridgehead atoms. The van der Waals surface area contributed by atoms with E-state index in [1.807, 2.05) is 45.9 Å². The second kappa shape index (κ2) is 5.88. The van der Waals surface area contributed by atoms with Crippen molar-refractivity contribution in [3.05, 3.63) is 29.3 Å². The number of hydrogen-bond donors (Lipinski definition) is 2. The Labute approximate surface area is 126 Å². The number of nitrogens with one attached hydrogen (secondary N) is 2. The lowest BCUT2D eigenvalue weighted by atomic mass is 10.0. The van der Waals surface area contributed by atoms with Crippen LogP contribution in [0.5, 0.6) is 0 Å². The summed E-state index contributed by atoms with van der Waals surface area (Å²) in [5.74, 6) is -0.325. The van der Waals surface area contributed by atoms with Gasteiger partial charge in [0.05, 0.1) is 0 Å². The molecule has 0 aromatic heterocycles. The molecule has 0 spiro atoms.